The molecular formula is C13H13F3N2O. The number of likely N-dealkylation sites (tertiary alicyclic amines) is 1. The fourth-order valence-electron chi connectivity index (χ4n) is 3.21. The van der Waals surface area contributed by atoms with E-state index in [1.165, 1.54) is 0 Å². The van der Waals surface area contributed by atoms with Crippen LogP contribution in [-0.4, -0.2) is 30.1 Å². The van der Waals surface area contributed by atoms with Gasteiger partial charge in [0.1, 0.15) is 0 Å². The van der Waals surface area contributed by atoms with Crippen molar-refractivity contribution < 1.29 is 18.0 Å². The molecule has 0 radical (unpaired) electrons. The first-order valence-electron chi connectivity index (χ1n) is 6.11. The Morgan fingerprint density at radius 2 is 1.84 bits per heavy atom. The molecular weight excluding hydrogens is 257 g/mol. The first kappa shape index (κ1) is 12.3. The van der Waals surface area contributed by atoms with Gasteiger partial charge < -0.3 is 10.6 Å². The lowest BCUT2D eigenvalue weighted by molar-refractivity contribution is -0.186. The molecule has 1 aromatic carbocycles. The van der Waals surface area contributed by atoms with E-state index in [1.54, 1.807) is 6.07 Å². The van der Waals surface area contributed by atoms with Gasteiger partial charge in [-0.1, -0.05) is 6.07 Å². The van der Waals surface area contributed by atoms with E-state index in [1.807, 2.05) is 12.1 Å². The summed E-state index contributed by atoms with van der Waals surface area (Å²) in [5.74, 6) is -1.76. The van der Waals surface area contributed by atoms with Gasteiger partial charge in [-0.2, -0.15) is 13.2 Å². The van der Waals surface area contributed by atoms with Crippen LogP contribution in [-0.2, 0) is 4.79 Å². The van der Waals surface area contributed by atoms with E-state index in [0.29, 0.717) is 5.69 Å². The van der Waals surface area contributed by atoms with Crippen molar-refractivity contribution in [1.82, 2.24) is 4.90 Å². The normalized spacial score (nSPS) is 25.3. The van der Waals surface area contributed by atoms with Crippen LogP contribution >= 0.6 is 0 Å². The van der Waals surface area contributed by atoms with Gasteiger partial charge in [-0.05, 0) is 29.7 Å². The van der Waals surface area contributed by atoms with Crippen molar-refractivity contribution in [2.45, 2.75) is 24.4 Å². The average Bonchev–Trinajstić information content (AvgIpc) is 2.59. The second-order valence-electron chi connectivity index (χ2n) is 5.23. The van der Waals surface area contributed by atoms with Gasteiger partial charge in [0.05, 0.1) is 0 Å². The standard InChI is InChI=1S/C13H13F3N2O/c14-13(15,16)12(19)18-5-7-3-8(6-18)11-4-9(17)1-2-10(7)11/h1-2,4,7-8H,3,5-6,17H2/t7-,8+/m0/s1. The number of hydrogen-bond acceptors (Lipinski definition) is 2. The van der Waals surface area contributed by atoms with E-state index in [0.717, 1.165) is 22.4 Å². The minimum atomic E-state index is -4.79. The zero-order chi connectivity index (χ0) is 13.8. The third kappa shape index (κ3) is 1.95. The molecule has 3 rings (SSSR count). The Kier molecular flexibility index (Phi) is 2.52. The zero-order valence-electron chi connectivity index (χ0n) is 10.1. The molecule has 1 heterocycles. The number of hydrogen-bond donors (Lipinski definition) is 1. The highest BCUT2D eigenvalue weighted by Gasteiger charge is 2.47. The topological polar surface area (TPSA) is 46.3 Å². The van der Waals surface area contributed by atoms with E-state index in [4.69, 9.17) is 5.73 Å². The number of carbonyl (C=O) groups excluding carboxylic acids is 1. The summed E-state index contributed by atoms with van der Waals surface area (Å²) in [5, 5.41) is 0. The molecule has 1 amide bonds. The second kappa shape index (κ2) is 3.88. The van der Waals surface area contributed by atoms with E-state index in [9.17, 15) is 18.0 Å². The fraction of sp³-hybridized carbons (Fsp3) is 0.462. The molecule has 19 heavy (non-hydrogen) atoms. The van der Waals surface area contributed by atoms with Crippen molar-refractivity contribution in [3.63, 3.8) is 0 Å². The second-order valence-corrected chi connectivity index (χ2v) is 5.23. The summed E-state index contributed by atoms with van der Waals surface area (Å²) in [5.41, 5.74) is 8.37. The SMILES string of the molecule is Nc1ccc2c(c1)[C@@H]1C[C@H]2CN(C(=O)C(F)(F)F)C1. The van der Waals surface area contributed by atoms with Crippen molar-refractivity contribution in [2.75, 3.05) is 18.8 Å². The maximum atomic E-state index is 12.5. The Balaban J connectivity index is 1.89. The summed E-state index contributed by atoms with van der Waals surface area (Å²) in [6.07, 6.45) is -3.98. The predicted octanol–water partition coefficient (Wildman–Crippen LogP) is 2.24. The molecule has 0 spiro atoms. The largest absolute Gasteiger partial charge is 0.471 e. The molecule has 0 unspecified atom stereocenters. The molecule has 1 aliphatic heterocycles. The maximum Gasteiger partial charge on any atom is 0.471 e. The van der Waals surface area contributed by atoms with E-state index >= 15 is 0 Å². The summed E-state index contributed by atoms with van der Waals surface area (Å²) in [6.45, 7) is 0.275. The molecule has 2 N–H and O–H groups in total. The van der Waals surface area contributed by atoms with Crippen LogP contribution in [0.25, 0.3) is 0 Å². The number of nitrogen functional groups attached to an aromatic ring is 1. The molecule has 3 nitrogen and oxygen atoms in total. The Hall–Kier alpha value is -1.72. The molecule has 2 atom stereocenters. The van der Waals surface area contributed by atoms with Crippen molar-refractivity contribution in [3.8, 4) is 0 Å². The Bertz CT molecular complexity index is 541. The van der Waals surface area contributed by atoms with Crippen molar-refractivity contribution in [2.24, 2.45) is 0 Å². The fourth-order valence-corrected chi connectivity index (χ4v) is 3.21. The number of nitrogens with two attached hydrogens (primary N) is 1. The van der Waals surface area contributed by atoms with Crippen LogP contribution in [0.1, 0.15) is 29.4 Å². The molecule has 102 valence electrons. The summed E-state index contributed by atoms with van der Waals surface area (Å²) in [4.78, 5) is 12.3. The van der Waals surface area contributed by atoms with Crippen LogP contribution in [0.15, 0.2) is 18.2 Å². The number of fused-ring (bicyclic) bond motifs is 5. The minimum absolute atomic E-state index is 0.000602. The third-order valence-corrected chi connectivity index (χ3v) is 3.97. The Morgan fingerprint density at radius 1 is 1.21 bits per heavy atom. The maximum absolute atomic E-state index is 12.5. The van der Waals surface area contributed by atoms with Crippen molar-refractivity contribution in [1.29, 1.82) is 0 Å². The summed E-state index contributed by atoms with van der Waals surface area (Å²) >= 11 is 0. The van der Waals surface area contributed by atoms with Gasteiger partial charge in [-0.15, -0.1) is 0 Å². The number of halogens is 3. The van der Waals surface area contributed by atoms with E-state index < -0.39 is 12.1 Å². The monoisotopic (exact) mass is 270 g/mol. The van der Waals surface area contributed by atoms with Crippen LogP contribution in [0.2, 0.25) is 0 Å². The number of alkyl halides is 3. The van der Waals surface area contributed by atoms with E-state index in [2.05, 4.69) is 0 Å². The highest BCUT2D eigenvalue weighted by Crippen LogP contribution is 2.47. The van der Waals surface area contributed by atoms with Crippen LogP contribution in [0.5, 0.6) is 0 Å². The van der Waals surface area contributed by atoms with Gasteiger partial charge in [-0.3, -0.25) is 4.79 Å². The summed E-state index contributed by atoms with van der Waals surface area (Å²) < 4.78 is 37.5. The number of piperidine rings is 1. The van der Waals surface area contributed by atoms with E-state index in [-0.39, 0.29) is 24.9 Å². The van der Waals surface area contributed by atoms with Gasteiger partial charge in [0.2, 0.25) is 0 Å². The number of anilines is 1. The first-order valence-corrected chi connectivity index (χ1v) is 6.11. The van der Waals surface area contributed by atoms with Crippen LogP contribution in [0.3, 0.4) is 0 Å². The molecule has 1 aromatic rings. The molecule has 2 bridgehead atoms. The smallest absolute Gasteiger partial charge is 0.399 e. The Labute approximate surface area is 108 Å². The molecule has 2 aliphatic rings. The number of nitrogens with zero attached hydrogens (tertiary/aromatic N) is 1. The van der Waals surface area contributed by atoms with Gasteiger partial charge in [0.25, 0.3) is 0 Å². The number of benzene rings is 1. The third-order valence-electron chi connectivity index (χ3n) is 3.97. The van der Waals surface area contributed by atoms with Crippen molar-refractivity contribution in [3.05, 3.63) is 29.3 Å². The molecule has 6 heteroatoms. The zero-order valence-corrected chi connectivity index (χ0v) is 10.1. The van der Waals surface area contributed by atoms with Gasteiger partial charge >= 0.3 is 12.1 Å². The molecule has 0 aromatic heterocycles. The van der Waals surface area contributed by atoms with Crippen LogP contribution in [0.4, 0.5) is 18.9 Å². The lowest BCUT2D eigenvalue weighted by atomic mass is 9.95. The Morgan fingerprint density at radius 3 is 2.47 bits per heavy atom. The molecule has 1 aliphatic carbocycles. The van der Waals surface area contributed by atoms with Crippen LogP contribution < -0.4 is 5.73 Å². The summed E-state index contributed by atoms with van der Waals surface area (Å²) in [6, 6.07) is 5.45. The first-order chi connectivity index (χ1) is 8.86. The van der Waals surface area contributed by atoms with Crippen LogP contribution in [0, 0.1) is 0 Å². The molecule has 1 saturated heterocycles. The summed E-state index contributed by atoms with van der Waals surface area (Å²) in [7, 11) is 0. The number of amides is 1. The molecule has 0 saturated carbocycles. The number of carbonyl (C=O) groups is 1. The highest BCUT2D eigenvalue weighted by molar-refractivity contribution is 5.82. The lowest BCUT2D eigenvalue weighted by Crippen LogP contribution is -2.46. The predicted molar refractivity (Wildman–Crippen MR) is 63.6 cm³/mol. The van der Waals surface area contributed by atoms with Gasteiger partial charge in [0, 0.05) is 30.6 Å². The quantitative estimate of drug-likeness (QED) is 0.735. The highest BCUT2D eigenvalue weighted by atomic mass is 19.4. The average molecular weight is 270 g/mol. The van der Waals surface area contributed by atoms with Gasteiger partial charge in [-0.25, -0.2) is 0 Å². The minimum Gasteiger partial charge on any atom is -0.399 e. The number of rotatable bonds is 0. The molecule has 1 fully saturated rings. The lowest BCUT2D eigenvalue weighted by Gasteiger charge is -2.32. The van der Waals surface area contributed by atoms with Gasteiger partial charge in [0.15, 0.2) is 0 Å². The van der Waals surface area contributed by atoms with Crippen molar-refractivity contribution >= 4 is 11.6 Å².